The van der Waals surface area contributed by atoms with E-state index in [0.717, 1.165) is 38.4 Å². The van der Waals surface area contributed by atoms with Gasteiger partial charge < -0.3 is 14.2 Å². The molecule has 0 atom stereocenters. The molecule has 6 nitrogen and oxygen atoms in total. The molecule has 40 heavy (non-hydrogen) atoms. The molecule has 0 N–H and O–H groups in total. The maximum absolute atomic E-state index is 10.4. The summed E-state index contributed by atoms with van der Waals surface area (Å²) in [6, 6.07) is 32.1. The summed E-state index contributed by atoms with van der Waals surface area (Å²) in [5, 5.41) is 2.54. The third-order valence-electron chi connectivity index (χ3n) is 7.08. The van der Waals surface area contributed by atoms with Gasteiger partial charge in [0.15, 0.2) is 6.54 Å². The van der Waals surface area contributed by atoms with E-state index < -0.39 is 10.1 Å². The van der Waals surface area contributed by atoms with Gasteiger partial charge in [-0.05, 0) is 55.0 Å². The second kappa shape index (κ2) is 12.0. The summed E-state index contributed by atoms with van der Waals surface area (Å²) in [5.74, 6) is 0. The minimum absolute atomic E-state index is 0.178. The molecule has 1 fully saturated rings. The molecule has 1 aliphatic heterocycles. The molecule has 1 aliphatic rings. The lowest BCUT2D eigenvalue weighted by Crippen LogP contribution is -2.36. The number of pyridine rings is 1. The Bertz CT molecular complexity index is 1690. The number of allylic oxidation sites excluding steroid dienone is 1. The summed E-state index contributed by atoms with van der Waals surface area (Å²) >= 11 is 0. The van der Waals surface area contributed by atoms with E-state index in [4.69, 9.17) is 4.74 Å². The van der Waals surface area contributed by atoms with Gasteiger partial charge in [0.25, 0.3) is 0 Å². The standard InChI is InChI=1S/C26H25N2O.C7H8O3S/c1-2-15-28-24-9-5-3-7-22(24)26(23-8-4-6-10-25(23)28)20-11-13-21(14-12-20)27-16-18-29-19-17-27;1-6-2-4-7(5-3-6)11(8,9)10/h2-14H,1,15-19H2;2-5H,1H3,(H,8,9,10)/q+1;/p-1. The Kier molecular flexibility index (Phi) is 8.26. The van der Waals surface area contributed by atoms with Gasteiger partial charge in [0.2, 0.25) is 11.0 Å². The fourth-order valence-corrected chi connectivity index (χ4v) is 5.59. The van der Waals surface area contributed by atoms with Gasteiger partial charge in [0.05, 0.1) is 28.9 Å². The number of anilines is 1. The van der Waals surface area contributed by atoms with Gasteiger partial charge in [-0.1, -0.05) is 60.7 Å². The van der Waals surface area contributed by atoms with Crippen LogP contribution in [0.15, 0.2) is 115 Å². The molecule has 204 valence electrons. The van der Waals surface area contributed by atoms with Crippen molar-refractivity contribution < 1.29 is 22.3 Å². The van der Waals surface area contributed by atoms with Crippen LogP contribution in [0.25, 0.3) is 32.9 Å². The molecule has 1 aromatic heterocycles. The number of ether oxygens (including phenoxy) is 1. The SMILES string of the molecule is C=CC[n+]1c2ccccc2c(-c2ccc(N3CCOCC3)cc2)c2ccccc21.Cc1ccc(S(=O)(=O)[O-])cc1. The number of hydrogen-bond donors (Lipinski definition) is 0. The van der Waals surface area contributed by atoms with Gasteiger partial charge in [-0.2, -0.15) is 4.57 Å². The van der Waals surface area contributed by atoms with E-state index >= 15 is 0 Å². The van der Waals surface area contributed by atoms with Gasteiger partial charge >= 0.3 is 0 Å². The first kappa shape index (κ1) is 27.5. The number of morpholine rings is 1. The normalized spacial score (nSPS) is 13.6. The lowest BCUT2D eigenvalue weighted by atomic mass is 9.95. The zero-order valence-corrected chi connectivity index (χ0v) is 23.3. The molecular formula is C33H32N2O4S. The topological polar surface area (TPSA) is 73.5 Å². The summed E-state index contributed by atoms with van der Waals surface area (Å²) in [6.45, 7) is 10.1. The highest BCUT2D eigenvalue weighted by Crippen LogP contribution is 2.35. The van der Waals surface area contributed by atoms with Gasteiger partial charge in [0.1, 0.15) is 10.1 Å². The Morgan fingerprint density at radius 2 is 1.40 bits per heavy atom. The molecule has 0 saturated carbocycles. The number of nitrogens with zero attached hydrogens (tertiary/aromatic N) is 2. The van der Waals surface area contributed by atoms with Crippen molar-refractivity contribution in [3.05, 3.63) is 115 Å². The Morgan fingerprint density at radius 3 is 1.93 bits per heavy atom. The summed E-state index contributed by atoms with van der Waals surface area (Å²) in [6.07, 6.45) is 1.97. The summed E-state index contributed by atoms with van der Waals surface area (Å²) in [4.78, 5) is 2.22. The molecule has 0 unspecified atom stereocenters. The molecule has 4 aromatic carbocycles. The smallest absolute Gasteiger partial charge is 0.213 e. The van der Waals surface area contributed by atoms with Gasteiger partial charge in [0, 0.05) is 36.5 Å². The maximum atomic E-state index is 10.4. The largest absolute Gasteiger partial charge is 0.744 e. The number of hydrogen-bond acceptors (Lipinski definition) is 5. The van der Waals surface area contributed by atoms with E-state index in [1.54, 1.807) is 12.1 Å². The van der Waals surface area contributed by atoms with E-state index in [9.17, 15) is 13.0 Å². The van der Waals surface area contributed by atoms with Crippen LogP contribution in [0.2, 0.25) is 0 Å². The Hall–Kier alpha value is -4.04. The van der Waals surface area contributed by atoms with Crippen molar-refractivity contribution >= 4 is 37.6 Å². The fraction of sp³-hybridized carbons (Fsp3) is 0.182. The number of rotatable bonds is 5. The monoisotopic (exact) mass is 552 g/mol. The van der Waals surface area contributed by atoms with Crippen molar-refractivity contribution in [3.8, 4) is 11.1 Å². The van der Waals surface area contributed by atoms with Crippen LogP contribution >= 0.6 is 0 Å². The molecule has 7 heteroatoms. The van der Waals surface area contributed by atoms with Crippen molar-refractivity contribution in [2.24, 2.45) is 0 Å². The van der Waals surface area contributed by atoms with Crippen molar-refractivity contribution in [1.82, 2.24) is 0 Å². The van der Waals surface area contributed by atoms with Crippen molar-refractivity contribution in [2.75, 3.05) is 31.2 Å². The summed E-state index contributed by atoms with van der Waals surface area (Å²) < 4.78 is 39.0. The molecule has 6 rings (SSSR count). The molecule has 0 amide bonds. The number of fused-ring (bicyclic) bond motifs is 2. The average Bonchev–Trinajstić information content (AvgIpc) is 2.98. The molecular weight excluding hydrogens is 520 g/mol. The minimum Gasteiger partial charge on any atom is -0.744 e. The molecule has 2 heterocycles. The Labute approximate surface area is 235 Å². The lowest BCUT2D eigenvalue weighted by molar-refractivity contribution is -0.634. The van der Waals surface area contributed by atoms with Crippen LogP contribution in [0.1, 0.15) is 5.56 Å². The third kappa shape index (κ3) is 5.92. The highest BCUT2D eigenvalue weighted by molar-refractivity contribution is 7.85. The zero-order valence-electron chi connectivity index (χ0n) is 22.5. The third-order valence-corrected chi connectivity index (χ3v) is 7.93. The van der Waals surface area contributed by atoms with Crippen molar-refractivity contribution in [1.29, 1.82) is 0 Å². The molecule has 1 saturated heterocycles. The Morgan fingerprint density at radius 1 is 0.850 bits per heavy atom. The molecule has 0 bridgehead atoms. The fourth-order valence-electron chi connectivity index (χ4n) is 5.12. The van der Waals surface area contributed by atoms with Crippen LogP contribution in [-0.4, -0.2) is 39.3 Å². The van der Waals surface area contributed by atoms with E-state index in [1.807, 2.05) is 13.0 Å². The lowest BCUT2D eigenvalue weighted by Gasteiger charge is -2.29. The summed E-state index contributed by atoms with van der Waals surface area (Å²) in [7, 11) is -4.27. The van der Waals surface area contributed by atoms with E-state index in [2.05, 4.69) is 88.8 Å². The van der Waals surface area contributed by atoms with Crippen LogP contribution in [0.5, 0.6) is 0 Å². The highest BCUT2D eigenvalue weighted by atomic mass is 32.2. The maximum Gasteiger partial charge on any atom is 0.213 e. The zero-order chi connectivity index (χ0) is 28.1. The van der Waals surface area contributed by atoms with Crippen LogP contribution in [0.4, 0.5) is 5.69 Å². The van der Waals surface area contributed by atoms with Crippen molar-refractivity contribution in [2.45, 2.75) is 18.4 Å². The first-order valence-electron chi connectivity index (χ1n) is 13.3. The first-order chi connectivity index (χ1) is 19.4. The van der Waals surface area contributed by atoms with E-state index in [-0.39, 0.29) is 4.90 Å². The molecule has 0 radical (unpaired) electrons. The molecule has 0 aliphatic carbocycles. The van der Waals surface area contributed by atoms with E-state index in [0.29, 0.717) is 0 Å². The van der Waals surface area contributed by atoms with Crippen LogP contribution in [-0.2, 0) is 21.4 Å². The van der Waals surface area contributed by atoms with E-state index in [1.165, 1.54) is 50.8 Å². The highest BCUT2D eigenvalue weighted by Gasteiger charge is 2.20. The quantitative estimate of drug-likeness (QED) is 0.118. The second-order valence-electron chi connectivity index (χ2n) is 9.72. The van der Waals surface area contributed by atoms with Crippen LogP contribution in [0.3, 0.4) is 0 Å². The number of para-hydroxylation sites is 2. The molecule has 0 spiro atoms. The average molecular weight is 553 g/mol. The number of aromatic nitrogens is 1. The number of aryl methyl sites for hydroxylation is 1. The van der Waals surface area contributed by atoms with Gasteiger partial charge in [-0.15, -0.1) is 0 Å². The van der Waals surface area contributed by atoms with Gasteiger partial charge in [-0.3, -0.25) is 0 Å². The second-order valence-corrected chi connectivity index (χ2v) is 11.1. The predicted molar refractivity (Wildman–Crippen MR) is 159 cm³/mol. The van der Waals surface area contributed by atoms with Crippen LogP contribution in [0, 0.1) is 6.92 Å². The molecule has 5 aromatic rings. The Balaban J connectivity index is 0.000000248. The van der Waals surface area contributed by atoms with Gasteiger partial charge in [-0.25, -0.2) is 8.42 Å². The number of benzene rings is 4. The van der Waals surface area contributed by atoms with Crippen molar-refractivity contribution in [3.63, 3.8) is 0 Å². The van der Waals surface area contributed by atoms with Crippen LogP contribution < -0.4 is 9.47 Å². The first-order valence-corrected chi connectivity index (χ1v) is 14.7. The predicted octanol–water partition coefficient (Wildman–Crippen LogP) is 5.87. The summed E-state index contributed by atoms with van der Waals surface area (Å²) in [5.41, 5.74) is 7.21. The minimum atomic E-state index is -4.27.